The van der Waals surface area contributed by atoms with Crippen molar-refractivity contribution in [2.75, 3.05) is 11.5 Å². The van der Waals surface area contributed by atoms with Gasteiger partial charge in [0.1, 0.15) is 23.3 Å². The zero-order chi connectivity index (χ0) is 23.7. The molecule has 1 aliphatic rings. The average molecular weight is 510 g/mol. The van der Waals surface area contributed by atoms with E-state index < -0.39 is 0 Å². The third kappa shape index (κ3) is 4.37. The highest BCUT2D eigenvalue weighted by molar-refractivity contribution is 7.80. The Morgan fingerprint density at radius 2 is 1.85 bits per heavy atom. The van der Waals surface area contributed by atoms with E-state index in [-0.39, 0.29) is 12.1 Å². The Kier molecular flexibility index (Phi) is 6.46. The molecule has 2 atom stereocenters. The Hall–Kier alpha value is -3.06. The van der Waals surface area contributed by atoms with E-state index in [9.17, 15) is 0 Å². The van der Waals surface area contributed by atoms with Gasteiger partial charge in [0.05, 0.1) is 28.4 Å². The van der Waals surface area contributed by atoms with E-state index in [1.165, 1.54) is 0 Å². The lowest BCUT2D eigenvalue weighted by Gasteiger charge is -2.26. The van der Waals surface area contributed by atoms with E-state index in [4.69, 9.17) is 44.6 Å². The molecule has 0 unspecified atom stereocenters. The molecule has 0 bridgehead atoms. The number of aromatic nitrogens is 1. The Labute approximate surface area is 213 Å². The zero-order valence-corrected chi connectivity index (χ0v) is 20.6. The van der Waals surface area contributed by atoms with Gasteiger partial charge in [-0.05, 0) is 85.9 Å². The predicted octanol–water partition coefficient (Wildman–Crippen LogP) is 7.22. The minimum atomic E-state index is -0.253. The average Bonchev–Trinajstić information content (AvgIpc) is 3.47. The first-order valence-corrected chi connectivity index (χ1v) is 12.0. The van der Waals surface area contributed by atoms with Crippen LogP contribution in [0.25, 0.3) is 11.3 Å². The molecule has 2 aromatic heterocycles. The number of pyridine rings is 1. The van der Waals surface area contributed by atoms with Gasteiger partial charge in [0, 0.05) is 17.4 Å². The van der Waals surface area contributed by atoms with Crippen molar-refractivity contribution in [1.29, 1.82) is 0 Å². The van der Waals surface area contributed by atoms with E-state index in [0.717, 1.165) is 28.5 Å². The summed E-state index contributed by atoms with van der Waals surface area (Å²) in [7, 11) is 0. The first-order valence-electron chi connectivity index (χ1n) is 10.8. The second kappa shape index (κ2) is 9.66. The summed E-state index contributed by atoms with van der Waals surface area (Å²) in [6.45, 7) is 2.57. The van der Waals surface area contributed by atoms with Crippen molar-refractivity contribution in [1.82, 2.24) is 10.3 Å². The van der Waals surface area contributed by atoms with Crippen LogP contribution in [0.4, 0.5) is 5.69 Å². The zero-order valence-electron chi connectivity index (χ0n) is 18.2. The smallest absolute Gasteiger partial charge is 0.174 e. The summed E-state index contributed by atoms with van der Waals surface area (Å²) >= 11 is 18.1. The first-order chi connectivity index (χ1) is 16.5. The first kappa shape index (κ1) is 22.7. The molecular formula is C26H21Cl2N3O2S. The molecule has 0 amide bonds. The fourth-order valence-electron chi connectivity index (χ4n) is 4.11. The molecule has 0 saturated carbocycles. The summed E-state index contributed by atoms with van der Waals surface area (Å²) in [6, 6.07) is 22.6. The lowest BCUT2D eigenvalue weighted by molar-refractivity contribution is 0.340. The van der Waals surface area contributed by atoms with Crippen molar-refractivity contribution in [3.63, 3.8) is 0 Å². The molecule has 0 radical (unpaired) electrons. The third-order valence-electron chi connectivity index (χ3n) is 5.65. The maximum absolute atomic E-state index is 6.37. The summed E-state index contributed by atoms with van der Waals surface area (Å²) in [4.78, 5) is 6.64. The van der Waals surface area contributed by atoms with Crippen molar-refractivity contribution in [2.45, 2.75) is 19.0 Å². The van der Waals surface area contributed by atoms with Crippen molar-refractivity contribution >= 4 is 46.2 Å². The Bertz CT molecular complexity index is 1310. The largest absolute Gasteiger partial charge is 0.494 e. The summed E-state index contributed by atoms with van der Waals surface area (Å²) in [5.41, 5.74) is 2.64. The van der Waals surface area contributed by atoms with Crippen LogP contribution in [-0.2, 0) is 0 Å². The van der Waals surface area contributed by atoms with Crippen LogP contribution >= 0.6 is 35.4 Å². The lowest BCUT2D eigenvalue weighted by Crippen LogP contribution is -2.29. The van der Waals surface area contributed by atoms with Gasteiger partial charge >= 0.3 is 0 Å². The van der Waals surface area contributed by atoms with Crippen molar-refractivity contribution in [3.05, 3.63) is 100 Å². The molecular weight excluding hydrogens is 489 g/mol. The topological polar surface area (TPSA) is 50.5 Å². The number of hydrogen-bond donors (Lipinski definition) is 1. The van der Waals surface area contributed by atoms with Gasteiger partial charge < -0.3 is 19.4 Å². The molecule has 1 saturated heterocycles. The Morgan fingerprint density at radius 1 is 1.03 bits per heavy atom. The number of halogens is 2. The summed E-state index contributed by atoms with van der Waals surface area (Å²) < 4.78 is 12.0. The molecule has 34 heavy (non-hydrogen) atoms. The van der Waals surface area contributed by atoms with Gasteiger partial charge in [0.25, 0.3) is 0 Å². The molecule has 5 rings (SSSR count). The van der Waals surface area contributed by atoms with Gasteiger partial charge in [-0.1, -0.05) is 29.3 Å². The lowest BCUT2D eigenvalue weighted by atomic mass is 10.0. The number of hydrogen-bond acceptors (Lipinski definition) is 4. The highest BCUT2D eigenvalue weighted by Crippen LogP contribution is 2.43. The fourth-order valence-corrected chi connectivity index (χ4v) is 4.75. The number of furan rings is 1. The van der Waals surface area contributed by atoms with Crippen LogP contribution in [0.5, 0.6) is 5.75 Å². The highest BCUT2D eigenvalue weighted by Gasteiger charge is 2.42. The number of anilines is 1. The molecule has 5 nitrogen and oxygen atoms in total. The van der Waals surface area contributed by atoms with Gasteiger partial charge in [0.15, 0.2) is 5.11 Å². The molecule has 3 heterocycles. The molecule has 0 aliphatic carbocycles. The van der Waals surface area contributed by atoms with E-state index in [2.05, 4.69) is 15.2 Å². The SMILES string of the molecule is CCOc1ccc(N2C(=S)N[C@@H](c3ccccn3)[C@@H]2c2ccc(-c3ccc(Cl)c(Cl)c3)o2)cc1. The molecule has 0 spiro atoms. The molecule has 1 aliphatic heterocycles. The quantitative estimate of drug-likeness (QED) is 0.276. The summed E-state index contributed by atoms with van der Waals surface area (Å²) in [5.74, 6) is 2.25. The van der Waals surface area contributed by atoms with Crippen LogP contribution in [0, 0.1) is 0 Å². The molecule has 8 heteroatoms. The number of nitrogens with one attached hydrogen (secondary N) is 1. The monoisotopic (exact) mass is 509 g/mol. The molecule has 1 N–H and O–H groups in total. The van der Waals surface area contributed by atoms with Gasteiger partial charge in [-0.2, -0.15) is 0 Å². The molecule has 172 valence electrons. The van der Waals surface area contributed by atoms with Crippen LogP contribution in [0.1, 0.15) is 30.5 Å². The van der Waals surface area contributed by atoms with Crippen LogP contribution in [0.2, 0.25) is 10.0 Å². The van der Waals surface area contributed by atoms with Gasteiger partial charge in [0.2, 0.25) is 0 Å². The van der Waals surface area contributed by atoms with Gasteiger partial charge in [-0.15, -0.1) is 0 Å². The molecule has 2 aromatic carbocycles. The third-order valence-corrected chi connectivity index (χ3v) is 6.70. The Balaban J connectivity index is 1.56. The number of rotatable bonds is 6. The van der Waals surface area contributed by atoms with Crippen LogP contribution < -0.4 is 15.0 Å². The van der Waals surface area contributed by atoms with Gasteiger partial charge in [-0.25, -0.2) is 0 Å². The van der Waals surface area contributed by atoms with Crippen molar-refractivity contribution in [2.24, 2.45) is 0 Å². The van der Waals surface area contributed by atoms with Crippen molar-refractivity contribution in [3.8, 4) is 17.1 Å². The number of benzene rings is 2. The van der Waals surface area contributed by atoms with E-state index in [1.807, 2.05) is 67.6 Å². The van der Waals surface area contributed by atoms with E-state index in [0.29, 0.717) is 27.5 Å². The maximum atomic E-state index is 6.37. The standard InChI is InChI=1S/C26H21Cl2N3O2S/c1-2-32-18-9-7-17(8-10-18)31-25(24(30-26(31)34)21-5-3-4-14-29-21)23-13-12-22(33-23)16-6-11-19(27)20(28)15-16/h3-15,24-25H,2H2,1H3,(H,30,34)/t24-,25-/m0/s1. The van der Waals surface area contributed by atoms with Crippen LogP contribution in [0.15, 0.2) is 83.4 Å². The Morgan fingerprint density at radius 3 is 2.56 bits per heavy atom. The number of nitrogens with zero attached hydrogens (tertiary/aromatic N) is 2. The normalized spacial score (nSPS) is 17.6. The van der Waals surface area contributed by atoms with Crippen molar-refractivity contribution < 1.29 is 9.15 Å². The van der Waals surface area contributed by atoms with Gasteiger partial charge in [-0.3, -0.25) is 4.98 Å². The predicted molar refractivity (Wildman–Crippen MR) is 140 cm³/mol. The second-order valence-electron chi connectivity index (χ2n) is 7.75. The summed E-state index contributed by atoms with van der Waals surface area (Å²) in [5, 5.41) is 5.01. The maximum Gasteiger partial charge on any atom is 0.174 e. The number of thiocarbonyl (C=S) groups is 1. The second-order valence-corrected chi connectivity index (χ2v) is 8.96. The highest BCUT2D eigenvalue weighted by atomic mass is 35.5. The summed E-state index contributed by atoms with van der Waals surface area (Å²) in [6.07, 6.45) is 1.78. The van der Waals surface area contributed by atoms with E-state index >= 15 is 0 Å². The minimum Gasteiger partial charge on any atom is -0.494 e. The van der Waals surface area contributed by atoms with Crippen LogP contribution in [0.3, 0.4) is 0 Å². The van der Waals surface area contributed by atoms with E-state index in [1.54, 1.807) is 18.3 Å². The molecule has 1 fully saturated rings. The number of ether oxygens (including phenoxy) is 1. The van der Waals surface area contributed by atoms with Crippen LogP contribution in [-0.4, -0.2) is 16.7 Å². The minimum absolute atomic E-state index is 0.201. The molecule has 4 aromatic rings. The fraction of sp³-hybridized carbons (Fsp3) is 0.154.